The Morgan fingerprint density at radius 1 is 1.16 bits per heavy atom. The van der Waals surface area contributed by atoms with E-state index in [9.17, 15) is 19.7 Å². The number of epoxide rings is 3. The van der Waals surface area contributed by atoms with E-state index in [-0.39, 0.29) is 53.0 Å². The Hall–Kier alpha value is -3.02. The zero-order chi connectivity index (χ0) is 26.4. The van der Waals surface area contributed by atoms with Gasteiger partial charge in [-0.1, -0.05) is 20.8 Å². The van der Waals surface area contributed by atoms with Gasteiger partial charge in [0, 0.05) is 23.1 Å². The van der Waals surface area contributed by atoms with Gasteiger partial charge in [0.1, 0.15) is 35.8 Å². The molecule has 11 nitrogen and oxygen atoms in total. The number of benzene rings is 1. The number of carbonyl (C=O) groups is 2. The third-order valence-electron chi connectivity index (χ3n) is 10.5. The standard InChI is InChI=1S/C27H27NO10/c1-12(2)25-19(37-25)20-27(38-20)24(3)9-8-15-16(11-33-21(15)29)17(24)10-18-26(27,36-18)22(25)35-23(30)34-14-6-4-13(5-7-14)28(31)32/h4-7,12,17-20,22H,8-11H2,1-3H3/t17-,18-,19-,20-,22+,24-,25-,26+,27+/m0/s1. The highest BCUT2D eigenvalue weighted by molar-refractivity contribution is 5.92. The van der Waals surface area contributed by atoms with Crippen LogP contribution in [0.1, 0.15) is 40.0 Å². The first-order valence-electron chi connectivity index (χ1n) is 13.2. The summed E-state index contributed by atoms with van der Waals surface area (Å²) in [6.07, 6.45) is -0.312. The molecule has 11 heteroatoms. The number of nitrogens with zero attached hydrogens (tertiary/aromatic N) is 1. The second kappa shape index (κ2) is 6.75. The van der Waals surface area contributed by atoms with E-state index in [0.29, 0.717) is 19.4 Å². The van der Waals surface area contributed by atoms with Gasteiger partial charge >= 0.3 is 12.1 Å². The van der Waals surface area contributed by atoms with E-state index in [2.05, 4.69) is 6.92 Å². The topological polar surface area (TPSA) is 143 Å². The summed E-state index contributed by atoms with van der Waals surface area (Å²) < 4.78 is 36.6. The summed E-state index contributed by atoms with van der Waals surface area (Å²) in [6, 6.07) is 5.24. The molecule has 0 aromatic heterocycles. The lowest BCUT2D eigenvalue weighted by molar-refractivity contribution is -0.384. The Labute approximate surface area is 217 Å². The van der Waals surface area contributed by atoms with Gasteiger partial charge in [-0.2, -0.15) is 0 Å². The van der Waals surface area contributed by atoms with Gasteiger partial charge in [-0.15, -0.1) is 0 Å². The molecule has 0 unspecified atom stereocenters. The van der Waals surface area contributed by atoms with Gasteiger partial charge in [0.15, 0.2) is 11.7 Å². The molecule has 3 aliphatic carbocycles. The zero-order valence-corrected chi connectivity index (χ0v) is 21.1. The van der Waals surface area contributed by atoms with E-state index >= 15 is 0 Å². The fourth-order valence-electron chi connectivity index (χ4n) is 8.69. The van der Waals surface area contributed by atoms with E-state index in [1.54, 1.807) is 0 Å². The molecule has 2 spiro atoms. The Morgan fingerprint density at radius 2 is 1.92 bits per heavy atom. The normalized spacial score (nSPS) is 46.4. The minimum absolute atomic E-state index is 0.0122. The summed E-state index contributed by atoms with van der Waals surface area (Å²) in [6.45, 7) is 6.59. The summed E-state index contributed by atoms with van der Waals surface area (Å²) in [5.74, 6) is 0.00154. The molecular formula is C27H27NO10. The van der Waals surface area contributed by atoms with Crippen molar-refractivity contribution in [1.82, 2.24) is 0 Å². The third-order valence-corrected chi connectivity index (χ3v) is 10.5. The number of rotatable bonds is 4. The third kappa shape index (κ3) is 2.38. The van der Waals surface area contributed by atoms with Crippen LogP contribution in [0.25, 0.3) is 0 Å². The van der Waals surface area contributed by atoms with Crippen molar-refractivity contribution in [2.45, 2.75) is 81.3 Å². The Morgan fingerprint density at radius 3 is 2.63 bits per heavy atom. The molecule has 4 heterocycles. The first-order chi connectivity index (χ1) is 18.1. The highest BCUT2D eigenvalue weighted by Gasteiger charge is 3.01. The number of nitro benzene ring substituents is 1. The average molecular weight is 526 g/mol. The SMILES string of the molecule is CC(C)[C@]12O[C@H]1[C@@H]1O[C@]13[C@]1(O[C@H]1C[C@H]1C4=C(CC[C@@]13C)C(=O)OC4)[C@@H]2OC(=O)Oc1ccc([N+](=O)[O-])cc1. The van der Waals surface area contributed by atoms with Crippen LogP contribution in [0.3, 0.4) is 0 Å². The first-order valence-corrected chi connectivity index (χ1v) is 13.2. The van der Waals surface area contributed by atoms with Gasteiger partial charge in [0.2, 0.25) is 0 Å². The smallest absolute Gasteiger partial charge is 0.458 e. The van der Waals surface area contributed by atoms with Crippen LogP contribution in [-0.2, 0) is 28.5 Å². The highest BCUT2D eigenvalue weighted by atomic mass is 16.8. The molecule has 200 valence electrons. The Balaban J connectivity index is 1.14. The van der Waals surface area contributed by atoms with Crippen LogP contribution < -0.4 is 4.74 Å². The molecule has 1 aromatic rings. The van der Waals surface area contributed by atoms with E-state index in [0.717, 1.165) is 17.6 Å². The minimum atomic E-state index is -0.924. The maximum atomic E-state index is 13.1. The number of nitro groups is 1. The summed E-state index contributed by atoms with van der Waals surface area (Å²) in [5, 5.41) is 11.0. The van der Waals surface area contributed by atoms with Gasteiger partial charge < -0.3 is 28.4 Å². The second-order valence-corrected chi connectivity index (χ2v) is 12.1. The molecule has 3 saturated heterocycles. The maximum absolute atomic E-state index is 13.1. The predicted molar refractivity (Wildman–Crippen MR) is 125 cm³/mol. The van der Waals surface area contributed by atoms with Crippen LogP contribution in [0.2, 0.25) is 0 Å². The van der Waals surface area contributed by atoms with Crippen molar-refractivity contribution in [3.63, 3.8) is 0 Å². The highest BCUT2D eigenvalue weighted by Crippen LogP contribution is 2.83. The van der Waals surface area contributed by atoms with Crippen LogP contribution >= 0.6 is 0 Å². The molecule has 5 fully saturated rings. The van der Waals surface area contributed by atoms with Crippen molar-refractivity contribution in [1.29, 1.82) is 0 Å². The zero-order valence-electron chi connectivity index (χ0n) is 21.1. The molecule has 1 aromatic carbocycles. The molecule has 8 rings (SSSR count). The van der Waals surface area contributed by atoms with Crippen molar-refractivity contribution >= 4 is 17.8 Å². The number of ether oxygens (including phenoxy) is 6. The van der Waals surface area contributed by atoms with Crippen molar-refractivity contribution < 1.29 is 42.9 Å². The lowest BCUT2D eigenvalue weighted by Gasteiger charge is -2.53. The molecule has 4 aliphatic heterocycles. The fraction of sp³-hybridized carbons (Fsp3) is 0.630. The number of hydrogen-bond donors (Lipinski definition) is 0. The van der Waals surface area contributed by atoms with Crippen molar-refractivity contribution in [2.24, 2.45) is 17.3 Å². The summed E-state index contributed by atoms with van der Waals surface area (Å²) in [5.41, 5.74) is -0.957. The largest absolute Gasteiger partial charge is 0.514 e. The van der Waals surface area contributed by atoms with Crippen molar-refractivity contribution in [3.8, 4) is 5.75 Å². The lowest BCUT2D eigenvalue weighted by atomic mass is 9.46. The maximum Gasteiger partial charge on any atom is 0.514 e. The summed E-state index contributed by atoms with van der Waals surface area (Å²) in [7, 11) is 0. The van der Waals surface area contributed by atoms with Crippen LogP contribution in [0, 0.1) is 27.4 Å². The first kappa shape index (κ1) is 22.9. The van der Waals surface area contributed by atoms with Crippen LogP contribution in [-0.4, -0.2) is 64.9 Å². The number of non-ortho nitro benzene ring substituents is 1. The van der Waals surface area contributed by atoms with E-state index < -0.39 is 34.0 Å². The van der Waals surface area contributed by atoms with Gasteiger partial charge in [-0.25, -0.2) is 9.59 Å². The van der Waals surface area contributed by atoms with Crippen LogP contribution in [0.15, 0.2) is 35.4 Å². The molecule has 0 N–H and O–H groups in total. The quantitative estimate of drug-likeness (QED) is 0.189. The molecule has 7 aliphatic rings. The molecular weight excluding hydrogens is 498 g/mol. The fourth-order valence-corrected chi connectivity index (χ4v) is 8.69. The van der Waals surface area contributed by atoms with Crippen molar-refractivity contribution in [3.05, 3.63) is 45.5 Å². The summed E-state index contributed by atoms with van der Waals surface area (Å²) in [4.78, 5) is 35.9. The van der Waals surface area contributed by atoms with Gasteiger partial charge in [0.25, 0.3) is 5.69 Å². The molecule has 0 bridgehead atoms. The van der Waals surface area contributed by atoms with E-state index in [1.165, 1.54) is 24.3 Å². The van der Waals surface area contributed by atoms with Crippen LogP contribution in [0.5, 0.6) is 5.75 Å². The predicted octanol–water partition coefficient (Wildman–Crippen LogP) is 3.23. The Bertz CT molecular complexity index is 1360. The number of hydrogen-bond acceptors (Lipinski definition) is 10. The molecule has 9 atom stereocenters. The van der Waals surface area contributed by atoms with E-state index in [1.807, 2.05) is 13.8 Å². The summed E-state index contributed by atoms with van der Waals surface area (Å²) >= 11 is 0. The average Bonchev–Trinajstić information content (AvgIpc) is 3.78. The van der Waals surface area contributed by atoms with Crippen LogP contribution in [0.4, 0.5) is 10.5 Å². The number of fused-ring (bicyclic) bond motifs is 4. The lowest BCUT2D eigenvalue weighted by Crippen LogP contribution is -2.70. The van der Waals surface area contributed by atoms with Crippen molar-refractivity contribution in [2.75, 3.05) is 6.61 Å². The number of cyclic esters (lactones) is 1. The van der Waals surface area contributed by atoms with Gasteiger partial charge in [-0.05, 0) is 48.8 Å². The number of carbonyl (C=O) groups excluding carboxylic acids is 2. The Kier molecular flexibility index (Phi) is 4.07. The number of esters is 1. The monoisotopic (exact) mass is 525 g/mol. The molecule has 0 amide bonds. The second-order valence-electron chi connectivity index (χ2n) is 12.1. The van der Waals surface area contributed by atoms with Gasteiger partial charge in [-0.3, -0.25) is 10.1 Å². The van der Waals surface area contributed by atoms with Gasteiger partial charge in [0.05, 0.1) is 11.0 Å². The molecule has 0 radical (unpaired) electrons. The molecule has 2 saturated carbocycles. The minimum Gasteiger partial charge on any atom is -0.458 e. The van der Waals surface area contributed by atoms with E-state index in [4.69, 9.17) is 28.4 Å². The molecule has 38 heavy (non-hydrogen) atoms.